The number of sulfonamides is 1. The van der Waals surface area contributed by atoms with Crippen molar-refractivity contribution in [2.75, 3.05) is 20.2 Å². The van der Waals surface area contributed by atoms with Crippen LogP contribution in [-0.4, -0.2) is 43.4 Å². The van der Waals surface area contributed by atoms with Crippen LogP contribution in [0.15, 0.2) is 35.2 Å². The Morgan fingerprint density at radius 2 is 1.81 bits per heavy atom. The highest BCUT2D eigenvalue weighted by Gasteiger charge is 2.31. The van der Waals surface area contributed by atoms with Crippen molar-refractivity contribution >= 4 is 15.9 Å². The Morgan fingerprint density at radius 1 is 1.19 bits per heavy atom. The van der Waals surface area contributed by atoms with E-state index in [0.717, 1.165) is 24.2 Å². The topological polar surface area (TPSA) is 80.6 Å². The minimum atomic E-state index is -3.56. The number of nitrogens with zero attached hydrogens (tertiary/aromatic N) is 2. The predicted octanol–water partition coefficient (Wildman–Crippen LogP) is 2.06. The van der Waals surface area contributed by atoms with E-state index in [2.05, 4.69) is 5.32 Å². The molecule has 0 aliphatic carbocycles. The Kier molecular flexibility index (Phi) is 5.57. The van der Waals surface area contributed by atoms with Gasteiger partial charge >= 0.3 is 0 Å². The molecule has 1 fully saturated rings. The first kappa shape index (κ1) is 19.4. The molecule has 0 saturated carbocycles. The zero-order valence-corrected chi connectivity index (χ0v) is 16.7. The van der Waals surface area contributed by atoms with Crippen molar-refractivity contribution in [1.29, 1.82) is 0 Å². The summed E-state index contributed by atoms with van der Waals surface area (Å²) in [6, 6.07) is 8.88. The number of hydrogen-bond acceptors (Lipinski definition) is 4. The molecule has 1 N–H and O–H groups in total. The Bertz CT molecular complexity index is 927. The number of carbonyl (C=O) groups excluding carboxylic acids is 1. The molecule has 3 rings (SSSR count). The lowest BCUT2D eigenvalue weighted by Gasteiger charge is -2.15. The van der Waals surface area contributed by atoms with Gasteiger partial charge in [-0.3, -0.25) is 4.79 Å². The summed E-state index contributed by atoms with van der Waals surface area (Å²) in [7, 11) is -0.252. The number of aromatic nitrogens is 1. The lowest BCUT2D eigenvalue weighted by atomic mass is 10.2. The molecule has 1 aromatic heterocycles. The van der Waals surface area contributed by atoms with E-state index in [9.17, 15) is 13.2 Å². The maximum atomic E-state index is 12.9. The van der Waals surface area contributed by atoms with Crippen LogP contribution in [0.3, 0.4) is 0 Å². The second-order valence-electron chi connectivity index (χ2n) is 6.68. The van der Waals surface area contributed by atoms with Crippen molar-refractivity contribution in [3.63, 3.8) is 0 Å². The van der Waals surface area contributed by atoms with E-state index in [1.165, 1.54) is 10.4 Å². The lowest BCUT2D eigenvalue weighted by molar-refractivity contribution is 0.0942. The molecule has 1 amide bonds. The highest BCUT2D eigenvalue weighted by Crippen LogP contribution is 2.26. The molecule has 1 aliphatic rings. The molecule has 0 unspecified atom stereocenters. The van der Waals surface area contributed by atoms with Crippen LogP contribution in [0, 0.1) is 6.92 Å². The number of rotatable bonds is 6. The second-order valence-corrected chi connectivity index (χ2v) is 8.59. The maximum Gasteiger partial charge on any atom is 0.268 e. The Morgan fingerprint density at radius 3 is 2.41 bits per heavy atom. The van der Waals surface area contributed by atoms with Crippen LogP contribution in [0.1, 0.15) is 34.6 Å². The standard InChI is InChI=1S/C19H25N3O4S/c1-14-18(27(24,25)22-10-4-5-11-22)12-17(21(14)2)19(23)20-13-15-6-8-16(26-3)9-7-15/h6-9,12H,4-5,10-11,13H2,1-3H3,(H,20,23). The van der Waals surface area contributed by atoms with E-state index >= 15 is 0 Å². The monoisotopic (exact) mass is 391 g/mol. The molecular weight excluding hydrogens is 366 g/mol. The zero-order chi connectivity index (χ0) is 19.6. The molecule has 1 aliphatic heterocycles. The number of benzene rings is 1. The van der Waals surface area contributed by atoms with Crippen LogP contribution in [0.4, 0.5) is 0 Å². The van der Waals surface area contributed by atoms with Crippen LogP contribution in [0.2, 0.25) is 0 Å². The van der Waals surface area contributed by atoms with E-state index in [1.54, 1.807) is 25.6 Å². The van der Waals surface area contributed by atoms with E-state index in [4.69, 9.17) is 4.74 Å². The average molecular weight is 391 g/mol. The van der Waals surface area contributed by atoms with Gasteiger partial charge in [0.1, 0.15) is 16.3 Å². The fourth-order valence-electron chi connectivity index (χ4n) is 3.23. The number of methoxy groups -OCH3 is 1. The number of hydrogen-bond donors (Lipinski definition) is 1. The molecule has 0 bridgehead atoms. The third-order valence-electron chi connectivity index (χ3n) is 5.02. The summed E-state index contributed by atoms with van der Waals surface area (Å²) in [6.07, 6.45) is 1.75. The predicted molar refractivity (Wildman–Crippen MR) is 102 cm³/mol. The molecule has 8 heteroatoms. The fraction of sp³-hybridized carbons (Fsp3) is 0.421. The van der Waals surface area contributed by atoms with Crippen LogP contribution >= 0.6 is 0 Å². The Labute approximate surface area is 160 Å². The van der Waals surface area contributed by atoms with Gasteiger partial charge in [-0.1, -0.05) is 12.1 Å². The number of carbonyl (C=O) groups is 1. The smallest absolute Gasteiger partial charge is 0.268 e. The van der Waals surface area contributed by atoms with Gasteiger partial charge in [0.2, 0.25) is 10.0 Å². The van der Waals surface area contributed by atoms with Gasteiger partial charge in [0.25, 0.3) is 5.91 Å². The van der Waals surface area contributed by atoms with Crippen LogP contribution < -0.4 is 10.1 Å². The first-order chi connectivity index (χ1) is 12.8. The lowest BCUT2D eigenvalue weighted by Crippen LogP contribution is -2.28. The molecule has 2 aromatic rings. The van der Waals surface area contributed by atoms with Gasteiger partial charge in [0, 0.05) is 32.4 Å². The third-order valence-corrected chi connectivity index (χ3v) is 7.03. The van der Waals surface area contributed by atoms with Gasteiger partial charge in [0.05, 0.1) is 7.11 Å². The minimum Gasteiger partial charge on any atom is -0.497 e. The molecule has 0 atom stereocenters. The number of ether oxygens (including phenoxy) is 1. The Balaban J connectivity index is 1.77. The first-order valence-electron chi connectivity index (χ1n) is 8.92. The van der Waals surface area contributed by atoms with Crippen molar-refractivity contribution in [3.8, 4) is 5.75 Å². The summed E-state index contributed by atoms with van der Waals surface area (Å²) < 4.78 is 33.9. The molecule has 27 heavy (non-hydrogen) atoms. The number of nitrogens with one attached hydrogen (secondary N) is 1. The first-order valence-corrected chi connectivity index (χ1v) is 10.4. The summed E-state index contributed by atoms with van der Waals surface area (Å²) in [6.45, 7) is 3.15. The normalized spacial score (nSPS) is 15.1. The van der Waals surface area contributed by atoms with Gasteiger partial charge in [0.15, 0.2) is 0 Å². The highest BCUT2D eigenvalue weighted by atomic mass is 32.2. The summed E-state index contributed by atoms with van der Waals surface area (Å²) in [4.78, 5) is 12.8. The molecule has 2 heterocycles. The summed E-state index contributed by atoms with van der Waals surface area (Å²) in [5, 5.41) is 2.85. The van der Waals surface area contributed by atoms with Crippen molar-refractivity contribution in [2.45, 2.75) is 31.2 Å². The van der Waals surface area contributed by atoms with E-state index in [-0.39, 0.29) is 10.8 Å². The van der Waals surface area contributed by atoms with Crippen molar-refractivity contribution in [2.24, 2.45) is 7.05 Å². The largest absolute Gasteiger partial charge is 0.497 e. The van der Waals surface area contributed by atoms with E-state index in [0.29, 0.717) is 31.0 Å². The SMILES string of the molecule is COc1ccc(CNC(=O)c2cc(S(=O)(=O)N3CCCC3)c(C)n2C)cc1. The molecule has 1 aromatic carbocycles. The molecular formula is C19H25N3O4S. The highest BCUT2D eigenvalue weighted by molar-refractivity contribution is 7.89. The van der Waals surface area contributed by atoms with Crippen LogP contribution in [0.5, 0.6) is 5.75 Å². The Hall–Kier alpha value is -2.32. The number of amides is 1. The van der Waals surface area contributed by atoms with Crippen molar-refractivity contribution in [3.05, 3.63) is 47.3 Å². The molecule has 0 spiro atoms. The molecule has 146 valence electrons. The summed E-state index contributed by atoms with van der Waals surface area (Å²) in [5.41, 5.74) is 1.83. The quantitative estimate of drug-likeness (QED) is 0.817. The van der Waals surface area contributed by atoms with Crippen molar-refractivity contribution in [1.82, 2.24) is 14.2 Å². The third kappa shape index (κ3) is 3.86. The van der Waals surface area contributed by atoms with Gasteiger partial charge < -0.3 is 14.6 Å². The molecule has 7 nitrogen and oxygen atoms in total. The van der Waals surface area contributed by atoms with E-state index in [1.807, 2.05) is 24.3 Å². The van der Waals surface area contributed by atoms with Crippen LogP contribution in [0.25, 0.3) is 0 Å². The fourth-order valence-corrected chi connectivity index (χ4v) is 5.02. The summed E-state index contributed by atoms with van der Waals surface area (Å²) >= 11 is 0. The minimum absolute atomic E-state index is 0.210. The summed E-state index contributed by atoms with van der Waals surface area (Å²) in [5.74, 6) is 0.444. The van der Waals surface area contributed by atoms with Crippen molar-refractivity contribution < 1.29 is 17.9 Å². The van der Waals surface area contributed by atoms with Gasteiger partial charge in [-0.15, -0.1) is 0 Å². The second kappa shape index (κ2) is 7.74. The average Bonchev–Trinajstić information content (AvgIpc) is 3.30. The zero-order valence-electron chi connectivity index (χ0n) is 15.9. The van der Waals surface area contributed by atoms with Gasteiger partial charge in [-0.2, -0.15) is 4.31 Å². The van der Waals surface area contributed by atoms with Crippen LogP contribution in [-0.2, 0) is 23.6 Å². The maximum absolute atomic E-state index is 12.9. The van der Waals surface area contributed by atoms with E-state index < -0.39 is 10.0 Å². The van der Waals surface area contributed by atoms with Gasteiger partial charge in [-0.05, 0) is 43.5 Å². The molecule has 1 saturated heterocycles. The molecule has 0 radical (unpaired) electrons. The van der Waals surface area contributed by atoms with Gasteiger partial charge in [-0.25, -0.2) is 8.42 Å².